The van der Waals surface area contributed by atoms with Crippen LogP contribution in [0.1, 0.15) is 30.1 Å². The molecule has 4 aliphatic carbocycles. The zero-order chi connectivity index (χ0) is 21.0. The molecule has 6 atom stereocenters. The average Bonchev–Trinajstić information content (AvgIpc) is 3.53. The topological polar surface area (TPSA) is 92.8 Å². The quantitative estimate of drug-likeness (QED) is 0.443. The van der Waals surface area contributed by atoms with E-state index in [1.807, 2.05) is 6.92 Å². The van der Waals surface area contributed by atoms with Crippen LogP contribution in [0.3, 0.4) is 0 Å². The van der Waals surface area contributed by atoms with Crippen LogP contribution in [-0.2, 0) is 19.1 Å². The second kappa shape index (κ2) is 7.07. The van der Waals surface area contributed by atoms with E-state index in [0.29, 0.717) is 29.7 Å². The number of allylic oxidation sites excluding steroid dienone is 2. The summed E-state index contributed by atoms with van der Waals surface area (Å²) in [4.78, 5) is 51.4. The van der Waals surface area contributed by atoms with E-state index in [4.69, 9.17) is 4.74 Å². The number of hydrogen-bond donors (Lipinski definition) is 1. The average molecular weight is 408 g/mol. The SMILES string of the molecule is CCCOC(=O)c1ccc(NC(=O)CN2C(=O)[C@@H]3[C@@H]4C=C[C@H]([C@H]5C[C@H]45)[C@@H]3C2=O)cc1. The summed E-state index contributed by atoms with van der Waals surface area (Å²) >= 11 is 0. The molecular weight excluding hydrogens is 384 g/mol. The number of nitrogens with zero attached hydrogens (tertiary/aromatic N) is 1. The van der Waals surface area contributed by atoms with Gasteiger partial charge in [-0.15, -0.1) is 0 Å². The summed E-state index contributed by atoms with van der Waals surface area (Å²) in [6.45, 7) is 2.00. The van der Waals surface area contributed by atoms with E-state index in [0.717, 1.165) is 17.7 Å². The highest BCUT2D eigenvalue weighted by Crippen LogP contribution is 2.65. The highest BCUT2D eigenvalue weighted by Gasteiger charge is 2.67. The zero-order valence-corrected chi connectivity index (χ0v) is 16.7. The molecule has 1 heterocycles. The number of amides is 3. The van der Waals surface area contributed by atoms with Crippen molar-refractivity contribution in [1.82, 2.24) is 4.90 Å². The minimum atomic E-state index is -0.429. The van der Waals surface area contributed by atoms with Gasteiger partial charge in [0.25, 0.3) is 0 Å². The number of hydrogen-bond acceptors (Lipinski definition) is 5. The van der Waals surface area contributed by atoms with E-state index in [2.05, 4.69) is 17.5 Å². The van der Waals surface area contributed by atoms with Gasteiger partial charge < -0.3 is 10.1 Å². The summed E-state index contributed by atoms with van der Waals surface area (Å²) in [6.07, 6.45) is 6.08. The van der Waals surface area contributed by atoms with Crippen molar-refractivity contribution < 1.29 is 23.9 Å². The fraction of sp³-hybridized carbons (Fsp3) is 0.478. The first-order valence-electron chi connectivity index (χ1n) is 10.6. The monoisotopic (exact) mass is 408 g/mol. The molecule has 156 valence electrons. The molecule has 6 rings (SSSR count). The van der Waals surface area contributed by atoms with E-state index in [9.17, 15) is 19.2 Å². The lowest BCUT2D eigenvalue weighted by molar-refractivity contribution is -0.142. The smallest absolute Gasteiger partial charge is 0.338 e. The molecule has 1 aromatic rings. The number of ether oxygens (including phenoxy) is 1. The predicted octanol–water partition coefficient (Wildman–Crippen LogP) is 2.25. The number of nitrogens with one attached hydrogen (secondary N) is 1. The molecule has 0 spiro atoms. The minimum absolute atomic E-state index is 0.148. The Bertz CT molecular complexity index is 917. The van der Waals surface area contributed by atoms with Gasteiger partial charge in [-0.25, -0.2) is 4.79 Å². The summed E-state index contributed by atoms with van der Waals surface area (Å²) in [5.41, 5.74) is 0.892. The lowest BCUT2D eigenvalue weighted by Gasteiger charge is -2.37. The van der Waals surface area contributed by atoms with Crippen LogP contribution in [0.4, 0.5) is 5.69 Å². The van der Waals surface area contributed by atoms with Crippen molar-refractivity contribution in [2.75, 3.05) is 18.5 Å². The predicted molar refractivity (Wildman–Crippen MR) is 107 cm³/mol. The third kappa shape index (κ3) is 2.95. The van der Waals surface area contributed by atoms with Crippen molar-refractivity contribution in [2.24, 2.45) is 35.5 Å². The number of esters is 1. The molecule has 7 nitrogen and oxygen atoms in total. The Balaban J connectivity index is 1.22. The van der Waals surface area contributed by atoms with Crippen LogP contribution in [0.15, 0.2) is 36.4 Å². The maximum absolute atomic E-state index is 12.9. The van der Waals surface area contributed by atoms with Crippen molar-refractivity contribution in [3.63, 3.8) is 0 Å². The van der Waals surface area contributed by atoms with Gasteiger partial charge in [0.2, 0.25) is 17.7 Å². The third-order valence-electron chi connectivity index (χ3n) is 6.90. The van der Waals surface area contributed by atoms with Gasteiger partial charge in [-0.2, -0.15) is 0 Å². The Hall–Kier alpha value is -2.96. The molecule has 30 heavy (non-hydrogen) atoms. The molecule has 3 amide bonds. The molecule has 1 aromatic carbocycles. The van der Waals surface area contributed by atoms with Crippen LogP contribution in [0.5, 0.6) is 0 Å². The normalized spacial score (nSPS) is 32.6. The van der Waals surface area contributed by atoms with E-state index in [-0.39, 0.29) is 42.0 Å². The van der Waals surface area contributed by atoms with Crippen LogP contribution in [0.25, 0.3) is 0 Å². The molecule has 3 fully saturated rings. The van der Waals surface area contributed by atoms with E-state index >= 15 is 0 Å². The molecular formula is C23H24N2O5. The van der Waals surface area contributed by atoms with Crippen LogP contribution in [-0.4, -0.2) is 41.7 Å². The zero-order valence-electron chi connectivity index (χ0n) is 16.7. The highest BCUT2D eigenvalue weighted by atomic mass is 16.5. The molecule has 1 aliphatic heterocycles. The molecule has 7 heteroatoms. The van der Waals surface area contributed by atoms with Crippen molar-refractivity contribution in [1.29, 1.82) is 0 Å². The van der Waals surface area contributed by atoms with Gasteiger partial charge in [0.15, 0.2) is 0 Å². The van der Waals surface area contributed by atoms with E-state index < -0.39 is 11.9 Å². The maximum Gasteiger partial charge on any atom is 0.338 e. The van der Waals surface area contributed by atoms with Crippen molar-refractivity contribution >= 4 is 29.4 Å². The first kappa shape index (κ1) is 19.0. The van der Waals surface area contributed by atoms with E-state index in [1.54, 1.807) is 24.3 Å². The molecule has 2 saturated carbocycles. The van der Waals surface area contributed by atoms with Gasteiger partial charge in [-0.3, -0.25) is 19.3 Å². The lowest BCUT2D eigenvalue weighted by Crippen LogP contribution is -2.40. The molecule has 1 N–H and O–H groups in total. The van der Waals surface area contributed by atoms with Gasteiger partial charge in [0.1, 0.15) is 6.54 Å². The number of anilines is 1. The number of carbonyl (C=O) groups is 4. The largest absolute Gasteiger partial charge is 0.462 e. The number of likely N-dealkylation sites (tertiary alicyclic amines) is 1. The van der Waals surface area contributed by atoms with E-state index in [1.165, 1.54) is 0 Å². The van der Waals surface area contributed by atoms with Gasteiger partial charge in [-0.1, -0.05) is 19.1 Å². The summed E-state index contributed by atoms with van der Waals surface area (Å²) in [6, 6.07) is 6.35. The van der Waals surface area contributed by atoms with Crippen LogP contribution < -0.4 is 5.32 Å². The fourth-order valence-corrected chi connectivity index (χ4v) is 5.49. The molecule has 0 radical (unpaired) electrons. The molecule has 0 aromatic heterocycles. The standard InChI is InChI=1S/C23H24N2O5/c1-2-9-30-23(29)12-3-5-13(6-4-12)24-18(26)11-25-21(27)19-14-7-8-15(17-10-16(14)17)20(19)22(25)28/h3-8,14-17,19-20H,2,9-11H2,1H3,(H,24,26)/t14-,15-,16-,17-,19-,20+/m1/s1. The van der Waals surface area contributed by atoms with Crippen LogP contribution in [0.2, 0.25) is 0 Å². The molecule has 5 aliphatic rings. The Labute approximate surface area is 174 Å². The number of imide groups is 1. The van der Waals surface area contributed by atoms with Gasteiger partial charge >= 0.3 is 5.97 Å². The highest BCUT2D eigenvalue weighted by molar-refractivity contribution is 6.09. The minimum Gasteiger partial charge on any atom is -0.462 e. The summed E-state index contributed by atoms with van der Waals surface area (Å²) < 4.78 is 5.08. The first-order valence-corrected chi connectivity index (χ1v) is 10.6. The van der Waals surface area contributed by atoms with Crippen molar-refractivity contribution in [3.05, 3.63) is 42.0 Å². The Kier molecular flexibility index (Phi) is 4.49. The van der Waals surface area contributed by atoms with Gasteiger partial charge in [0.05, 0.1) is 24.0 Å². The van der Waals surface area contributed by atoms with Crippen molar-refractivity contribution in [3.8, 4) is 0 Å². The van der Waals surface area contributed by atoms with Gasteiger partial charge in [0, 0.05) is 5.69 Å². The summed E-state index contributed by atoms with van der Waals surface area (Å²) in [5, 5.41) is 2.70. The number of rotatable bonds is 6. The Morgan fingerprint density at radius 2 is 1.63 bits per heavy atom. The van der Waals surface area contributed by atoms with Crippen LogP contribution in [0, 0.1) is 35.5 Å². The lowest BCUT2D eigenvalue weighted by atomic mass is 9.63. The Morgan fingerprint density at radius 1 is 1.03 bits per heavy atom. The molecule has 2 bridgehead atoms. The number of benzene rings is 1. The van der Waals surface area contributed by atoms with Gasteiger partial charge in [-0.05, 0) is 60.8 Å². The fourth-order valence-electron chi connectivity index (χ4n) is 5.49. The molecule has 1 saturated heterocycles. The van der Waals surface area contributed by atoms with Crippen molar-refractivity contribution in [2.45, 2.75) is 19.8 Å². The number of carbonyl (C=O) groups excluding carboxylic acids is 4. The maximum atomic E-state index is 12.9. The second-order valence-corrected chi connectivity index (χ2v) is 8.68. The second-order valence-electron chi connectivity index (χ2n) is 8.68. The molecule has 0 unspecified atom stereocenters. The first-order chi connectivity index (χ1) is 14.5. The Morgan fingerprint density at radius 3 is 2.20 bits per heavy atom. The summed E-state index contributed by atoms with van der Waals surface area (Å²) in [7, 11) is 0. The third-order valence-corrected chi connectivity index (χ3v) is 6.90. The summed E-state index contributed by atoms with van der Waals surface area (Å²) in [5.74, 6) is -0.477. The van der Waals surface area contributed by atoms with Crippen LogP contribution >= 0.6 is 0 Å².